The molecular formula is C21H20N2O6. The van der Waals surface area contributed by atoms with Crippen LogP contribution in [0.2, 0.25) is 0 Å². The first-order valence-electron chi connectivity index (χ1n) is 9.13. The topological polar surface area (TPSA) is 110 Å². The van der Waals surface area contributed by atoms with Gasteiger partial charge in [0.2, 0.25) is 0 Å². The summed E-state index contributed by atoms with van der Waals surface area (Å²) >= 11 is 0. The molecule has 1 aromatic heterocycles. The fourth-order valence-corrected chi connectivity index (χ4v) is 2.98. The Morgan fingerprint density at radius 3 is 2.59 bits per heavy atom. The second-order valence-electron chi connectivity index (χ2n) is 6.92. The summed E-state index contributed by atoms with van der Waals surface area (Å²) in [7, 11) is 0. The molecule has 150 valence electrons. The minimum absolute atomic E-state index is 0.194. The third kappa shape index (κ3) is 4.02. The van der Waals surface area contributed by atoms with E-state index in [0.29, 0.717) is 41.7 Å². The molecule has 2 amide bonds. The van der Waals surface area contributed by atoms with Crippen molar-refractivity contribution in [2.75, 3.05) is 25.1 Å². The van der Waals surface area contributed by atoms with Crippen molar-refractivity contribution in [2.24, 2.45) is 0 Å². The van der Waals surface area contributed by atoms with E-state index >= 15 is 0 Å². The average Bonchev–Trinajstić information content (AvgIpc) is 3.17. The van der Waals surface area contributed by atoms with Crippen molar-refractivity contribution in [1.82, 2.24) is 5.32 Å². The molecule has 0 fully saturated rings. The minimum Gasteiger partial charge on any atom is -0.486 e. The zero-order chi connectivity index (χ0) is 20.4. The first-order valence-corrected chi connectivity index (χ1v) is 9.13. The van der Waals surface area contributed by atoms with Gasteiger partial charge in [-0.1, -0.05) is 18.2 Å². The van der Waals surface area contributed by atoms with E-state index in [0.717, 1.165) is 5.39 Å². The van der Waals surface area contributed by atoms with E-state index in [1.165, 1.54) is 6.92 Å². The molecule has 1 unspecified atom stereocenters. The highest BCUT2D eigenvalue weighted by atomic mass is 16.6. The van der Waals surface area contributed by atoms with Crippen LogP contribution in [0.3, 0.4) is 0 Å². The lowest BCUT2D eigenvalue weighted by atomic mass is 10.0. The van der Waals surface area contributed by atoms with Crippen molar-refractivity contribution in [3.8, 4) is 11.5 Å². The molecule has 8 nitrogen and oxygen atoms in total. The van der Waals surface area contributed by atoms with Crippen LogP contribution in [0.1, 0.15) is 12.7 Å². The number of aliphatic hydroxyl groups is 1. The number of anilines is 1. The second kappa shape index (κ2) is 7.48. The van der Waals surface area contributed by atoms with Gasteiger partial charge < -0.3 is 29.6 Å². The Morgan fingerprint density at radius 1 is 1.03 bits per heavy atom. The number of fused-ring (bicyclic) bond motifs is 2. The molecule has 8 heteroatoms. The van der Waals surface area contributed by atoms with Crippen LogP contribution in [0.15, 0.2) is 52.9 Å². The number of para-hydroxylation sites is 1. The van der Waals surface area contributed by atoms with E-state index in [2.05, 4.69) is 10.6 Å². The van der Waals surface area contributed by atoms with Crippen molar-refractivity contribution < 1.29 is 28.6 Å². The summed E-state index contributed by atoms with van der Waals surface area (Å²) in [5.41, 5.74) is -0.449. The van der Waals surface area contributed by atoms with Crippen LogP contribution in [0, 0.1) is 0 Å². The van der Waals surface area contributed by atoms with E-state index < -0.39 is 17.4 Å². The van der Waals surface area contributed by atoms with Gasteiger partial charge in [-0.15, -0.1) is 0 Å². The number of benzene rings is 2. The van der Waals surface area contributed by atoms with Crippen molar-refractivity contribution in [3.63, 3.8) is 0 Å². The Kier molecular flexibility index (Phi) is 4.85. The highest BCUT2D eigenvalue weighted by Crippen LogP contribution is 2.32. The Morgan fingerprint density at radius 2 is 1.79 bits per heavy atom. The Balaban J connectivity index is 1.37. The fraction of sp³-hybridized carbons (Fsp3) is 0.238. The van der Waals surface area contributed by atoms with Crippen molar-refractivity contribution in [1.29, 1.82) is 0 Å². The predicted octanol–water partition coefficient (Wildman–Crippen LogP) is 2.17. The quantitative estimate of drug-likeness (QED) is 0.583. The monoisotopic (exact) mass is 396 g/mol. The number of ether oxygens (including phenoxy) is 2. The van der Waals surface area contributed by atoms with Crippen molar-refractivity contribution >= 4 is 28.5 Å². The van der Waals surface area contributed by atoms with Crippen LogP contribution in [0.5, 0.6) is 11.5 Å². The van der Waals surface area contributed by atoms with Gasteiger partial charge in [-0.2, -0.15) is 0 Å². The number of amides is 2. The Bertz CT molecular complexity index is 1040. The molecule has 1 aliphatic heterocycles. The van der Waals surface area contributed by atoms with Crippen LogP contribution in [-0.2, 0) is 15.2 Å². The summed E-state index contributed by atoms with van der Waals surface area (Å²) in [5.74, 6) is -0.354. The molecule has 3 aromatic rings. The number of carbonyl (C=O) groups is 2. The van der Waals surface area contributed by atoms with Crippen LogP contribution in [0.4, 0.5) is 5.69 Å². The minimum atomic E-state index is -1.48. The number of furan rings is 1. The second-order valence-corrected chi connectivity index (χ2v) is 6.92. The summed E-state index contributed by atoms with van der Waals surface area (Å²) in [6, 6.07) is 13.9. The van der Waals surface area contributed by atoms with Crippen LogP contribution in [0.25, 0.3) is 11.0 Å². The molecular weight excluding hydrogens is 376 g/mol. The summed E-state index contributed by atoms with van der Waals surface area (Å²) in [5, 5.41) is 16.4. The molecule has 2 heterocycles. The lowest BCUT2D eigenvalue weighted by molar-refractivity contribution is -0.136. The fourth-order valence-electron chi connectivity index (χ4n) is 2.98. The molecule has 4 rings (SSSR count). The maximum atomic E-state index is 12.2. The molecule has 3 N–H and O–H groups in total. The third-order valence-electron chi connectivity index (χ3n) is 4.56. The highest BCUT2D eigenvalue weighted by molar-refractivity contribution is 6.39. The van der Waals surface area contributed by atoms with Gasteiger partial charge in [-0.25, -0.2) is 0 Å². The largest absolute Gasteiger partial charge is 0.486 e. The normalized spacial score (nSPS) is 14.8. The van der Waals surface area contributed by atoms with Gasteiger partial charge in [-0.05, 0) is 31.2 Å². The molecule has 0 saturated heterocycles. The van der Waals surface area contributed by atoms with Crippen LogP contribution < -0.4 is 20.1 Å². The average molecular weight is 396 g/mol. The van der Waals surface area contributed by atoms with Gasteiger partial charge in [0.1, 0.15) is 30.2 Å². The third-order valence-corrected chi connectivity index (χ3v) is 4.56. The summed E-state index contributed by atoms with van der Waals surface area (Å²) in [6.07, 6.45) is 0. The molecule has 1 atom stereocenters. The summed E-state index contributed by atoms with van der Waals surface area (Å²) in [4.78, 5) is 24.3. The van der Waals surface area contributed by atoms with Gasteiger partial charge in [0, 0.05) is 17.1 Å². The highest BCUT2D eigenvalue weighted by Gasteiger charge is 2.29. The number of hydrogen-bond acceptors (Lipinski definition) is 6. The first-order chi connectivity index (χ1) is 13.9. The zero-order valence-corrected chi connectivity index (χ0v) is 15.7. The number of nitrogens with one attached hydrogen (secondary N) is 2. The molecule has 0 aliphatic carbocycles. The Labute approximate surface area is 166 Å². The maximum absolute atomic E-state index is 12.2. The van der Waals surface area contributed by atoms with Crippen molar-refractivity contribution in [2.45, 2.75) is 12.5 Å². The number of rotatable bonds is 4. The van der Waals surface area contributed by atoms with Crippen molar-refractivity contribution in [3.05, 3.63) is 54.3 Å². The van der Waals surface area contributed by atoms with E-state index in [-0.39, 0.29) is 6.54 Å². The summed E-state index contributed by atoms with van der Waals surface area (Å²) < 4.78 is 16.5. The molecule has 0 radical (unpaired) electrons. The molecule has 1 aliphatic rings. The zero-order valence-electron chi connectivity index (χ0n) is 15.7. The van der Waals surface area contributed by atoms with E-state index in [1.807, 2.05) is 18.2 Å². The molecule has 0 spiro atoms. The molecule has 0 bridgehead atoms. The smallest absolute Gasteiger partial charge is 0.313 e. The number of carbonyl (C=O) groups excluding carboxylic acids is 2. The van der Waals surface area contributed by atoms with E-state index in [9.17, 15) is 14.7 Å². The van der Waals surface area contributed by atoms with E-state index in [4.69, 9.17) is 13.9 Å². The first kappa shape index (κ1) is 18.8. The van der Waals surface area contributed by atoms with Crippen LogP contribution >= 0.6 is 0 Å². The number of hydrogen-bond donors (Lipinski definition) is 3. The molecule has 0 saturated carbocycles. The molecule has 2 aromatic carbocycles. The van der Waals surface area contributed by atoms with Gasteiger partial charge in [0.25, 0.3) is 0 Å². The SMILES string of the molecule is CC(O)(CNC(=O)C(=O)Nc1ccc2c(c1)OCCO2)c1cc2ccccc2o1. The van der Waals surface area contributed by atoms with Gasteiger partial charge in [0.05, 0.1) is 6.54 Å². The Hall–Kier alpha value is -3.52. The standard InChI is InChI=1S/C21H20N2O6/c1-21(26,18-10-13-4-2-3-5-15(13)29-18)12-22-19(24)20(25)23-14-6-7-16-17(11-14)28-9-8-27-16/h2-7,10-11,26H,8-9,12H2,1H3,(H,22,24)(H,23,25). The lowest BCUT2D eigenvalue weighted by Crippen LogP contribution is -2.43. The van der Waals surface area contributed by atoms with Gasteiger partial charge in [-0.3, -0.25) is 9.59 Å². The maximum Gasteiger partial charge on any atom is 0.313 e. The molecule has 29 heavy (non-hydrogen) atoms. The van der Waals surface area contributed by atoms with E-state index in [1.54, 1.807) is 30.3 Å². The van der Waals surface area contributed by atoms with Crippen LogP contribution in [-0.4, -0.2) is 36.7 Å². The van der Waals surface area contributed by atoms with Gasteiger partial charge in [0.15, 0.2) is 11.5 Å². The predicted molar refractivity (Wildman–Crippen MR) is 105 cm³/mol. The van der Waals surface area contributed by atoms with Gasteiger partial charge >= 0.3 is 11.8 Å². The lowest BCUT2D eigenvalue weighted by Gasteiger charge is -2.21. The summed E-state index contributed by atoms with van der Waals surface area (Å²) in [6.45, 7) is 2.19.